The van der Waals surface area contributed by atoms with Gasteiger partial charge in [-0.1, -0.05) is 0 Å². The van der Waals surface area contributed by atoms with Crippen LogP contribution in [0, 0.1) is 0 Å². The molecule has 0 bridgehead atoms. The van der Waals surface area contributed by atoms with E-state index in [0.717, 1.165) is 12.8 Å². The van der Waals surface area contributed by atoms with E-state index >= 15 is 0 Å². The summed E-state index contributed by atoms with van der Waals surface area (Å²) in [6.45, 7) is 0.999. The molecule has 26 heavy (non-hydrogen) atoms. The molecule has 5 nitrogen and oxygen atoms in total. The minimum Gasteiger partial charge on any atom is -0.480 e. The Morgan fingerprint density at radius 1 is 1.23 bits per heavy atom. The minimum atomic E-state index is -4.35. The largest absolute Gasteiger partial charge is 0.480 e. The highest BCUT2D eigenvalue weighted by Crippen LogP contribution is 2.36. The van der Waals surface area contributed by atoms with Crippen molar-refractivity contribution in [2.45, 2.75) is 35.7 Å². The first-order valence-corrected chi connectivity index (χ1v) is 9.04. The van der Waals surface area contributed by atoms with Gasteiger partial charge in [-0.2, -0.15) is 13.2 Å². The van der Waals surface area contributed by atoms with Crippen LogP contribution < -0.4 is 0 Å². The van der Waals surface area contributed by atoms with E-state index in [9.17, 15) is 22.8 Å². The highest BCUT2D eigenvalue weighted by atomic mass is 32.2. The van der Waals surface area contributed by atoms with Crippen LogP contribution in [0.4, 0.5) is 13.2 Å². The molecular formula is C17H21F3N2O3S. The number of benzene rings is 1. The summed E-state index contributed by atoms with van der Waals surface area (Å²) in [7, 11) is 1.76. The Labute approximate surface area is 154 Å². The maximum absolute atomic E-state index is 12.6. The number of amides is 1. The summed E-state index contributed by atoms with van der Waals surface area (Å²) in [6.07, 6.45) is 2.22. The van der Waals surface area contributed by atoms with Crippen molar-refractivity contribution in [3.8, 4) is 0 Å². The number of nitrogens with zero attached hydrogens (tertiary/aromatic N) is 2. The molecule has 0 saturated carbocycles. The Morgan fingerprint density at radius 2 is 1.88 bits per heavy atom. The molecule has 1 unspecified atom stereocenters. The number of likely N-dealkylation sites (tertiary alicyclic amines) is 1. The van der Waals surface area contributed by atoms with E-state index in [1.807, 2.05) is 0 Å². The summed E-state index contributed by atoms with van der Waals surface area (Å²) in [4.78, 5) is 26.9. The van der Waals surface area contributed by atoms with E-state index < -0.39 is 11.5 Å². The zero-order valence-corrected chi connectivity index (χ0v) is 15.1. The molecule has 1 atom stereocenters. The van der Waals surface area contributed by atoms with Gasteiger partial charge in [0.25, 0.3) is 5.91 Å². The average Bonchev–Trinajstić information content (AvgIpc) is 2.79. The van der Waals surface area contributed by atoms with Crippen LogP contribution in [0.25, 0.3) is 0 Å². The lowest BCUT2D eigenvalue weighted by atomic mass is 10.1. The van der Waals surface area contributed by atoms with Crippen molar-refractivity contribution in [2.24, 2.45) is 0 Å². The van der Waals surface area contributed by atoms with Gasteiger partial charge in [-0.25, -0.2) is 0 Å². The van der Waals surface area contributed by atoms with Crippen LogP contribution in [0.15, 0.2) is 29.2 Å². The molecule has 9 heteroatoms. The van der Waals surface area contributed by atoms with Crippen molar-refractivity contribution in [1.29, 1.82) is 0 Å². The Kier molecular flexibility index (Phi) is 6.94. The van der Waals surface area contributed by atoms with Crippen LogP contribution in [0.2, 0.25) is 0 Å². The number of likely N-dealkylation sites (N-methyl/N-ethyl adjacent to an activating group) is 1. The summed E-state index contributed by atoms with van der Waals surface area (Å²) in [5.74, 6) is -1.10. The smallest absolute Gasteiger partial charge is 0.446 e. The van der Waals surface area contributed by atoms with Crippen molar-refractivity contribution in [1.82, 2.24) is 9.80 Å². The molecule has 1 fully saturated rings. The molecule has 1 saturated heterocycles. The number of carboxylic acids is 1. The highest BCUT2D eigenvalue weighted by molar-refractivity contribution is 8.00. The second kappa shape index (κ2) is 8.77. The van der Waals surface area contributed by atoms with E-state index in [2.05, 4.69) is 0 Å². The fraction of sp³-hybridized carbons (Fsp3) is 0.529. The van der Waals surface area contributed by atoms with Crippen molar-refractivity contribution in [2.75, 3.05) is 26.7 Å². The zero-order valence-electron chi connectivity index (χ0n) is 14.3. The number of carbonyl (C=O) groups excluding carboxylic acids is 1. The second-order valence-electron chi connectivity index (χ2n) is 6.26. The quantitative estimate of drug-likeness (QED) is 0.782. The molecule has 1 heterocycles. The molecule has 1 aliphatic rings. The van der Waals surface area contributed by atoms with Gasteiger partial charge in [0.2, 0.25) is 0 Å². The molecule has 0 spiro atoms. The summed E-state index contributed by atoms with van der Waals surface area (Å²) < 4.78 is 37.1. The fourth-order valence-electron chi connectivity index (χ4n) is 3.05. The SMILES string of the molecule is CN(CC(=O)O)C1CCCN(C(=O)c2ccc(SC(F)(F)F)cc2)CC1. The number of carboxylic acid groups (broad SMARTS) is 1. The number of halogens is 3. The molecule has 1 aromatic carbocycles. The number of rotatable bonds is 5. The molecule has 0 aliphatic carbocycles. The Hall–Kier alpha value is -1.74. The maximum Gasteiger partial charge on any atom is 0.446 e. The number of alkyl halides is 3. The molecule has 1 aromatic rings. The topological polar surface area (TPSA) is 60.9 Å². The van der Waals surface area contributed by atoms with Crippen LogP contribution in [-0.4, -0.2) is 65.0 Å². The third-order valence-corrected chi connectivity index (χ3v) is 5.07. The van der Waals surface area contributed by atoms with Crippen LogP contribution in [0.5, 0.6) is 0 Å². The molecule has 144 valence electrons. The molecule has 1 N–H and O–H groups in total. The summed E-state index contributed by atoms with van der Waals surface area (Å²) in [5, 5.41) is 8.89. The highest BCUT2D eigenvalue weighted by Gasteiger charge is 2.29. The maximum atomic E-state index is 12.6. The van der Waals surface area contributed by atoms with E-state index in [1.165, 1.54) is 24.3 Å². The van der Waals surface area contributed by atoms with E-state index in [-0.39, 0.29) is 35.2 Å². The van der Waals surface area contributed by atoms with E-state index in [4.69, 9.17) is 5.11 Å². The van der Waals surface area contributed by atoms with Gasteiger partial charge < -0.3 is 10.0 Å². The van der Waals surface area contributed by atoms with E-state index in [0.29, 0.717) is 25.1 Å². The van der Waals surface area contributed by atoms with Crippen LogP contribution in [0.3, 0.4) is 0 Å². The zero-order chi connectivity index (χ0) is 19.3. The number of carbonyl (C=O) groups is 2. The fourth-order valence-corrected chi connectivity index (χ4v) is 3.59. The van der Waals surface area contributed by atoms with Crippen molar-refractivity contribution in [3.63, 3.8) is 0 Å². The first kappa shape index (κ1) is 20.6. The lowest BCUT2D eigenvalue weighted by Crippen LogP contribution is -2.37. The summed E-state index contributed by atoms with van der Waals surface area (Å²) >= 11 is -0.210. The molecule has 1 aliphatic heterocycles. The third kappa shape index (κ3) is 6.21. The first-order valence-electron chi connectivity index (χ1n) is 8.23. The van der Waals surface area contributed by atoms with Gasteiger partial charge in [0.1, 0.15) is 0 Å². The summed E-state index contributed by atoms with van der Waals surface area (Å²) in [6, 6.07) is 5.51. The van der Waals surface area contributed by atoms with Crippen molar-refractivity contribution < 1.29 is 27.9 Å². The predicted octanol–water partition coefficient (Wildman–Crippen LogP) is 3.31. The normalized spacial score (nSPS) is 18.7. The molecule has 0 aromatic heterocycles. The lowest BCUT2D eigenvalue weighted by Gasteiger charge is -2.25. The predicted molar refractivity (Wildman–Crippen MR) is 92.2 cm³/mol. The molecular weight excluding hydrogens is 369 g/mol. The summed E-state index contributed by atoms with van der Waals surface area (Å²) in [5.41, 5.74) is -4.00. The minimum absolute atomic E-state index is 0.0419. The van der Waals surface area contributed by atoms with Gasteiger partial charge >= 0.3 is 11.5 Å². The third-order valence-electron chi connectivity index (χ3n) is 4.33. The Bertz CT molecular complexity index is 637. The molecule has 0 radical (unpaired) electrons. The second-order valence-corrected chi connectivity index (χ2v) is 7.40. The number of thioether (sulfide) groups is 1. The Balaban J connectivity index is 1.96. The lowest BCUT2D eigenvalue weighted by molar-refractivity contribution is -0.138. The van der Waals surface area contributed by atoms with Crippen LogP contribution >= 0.6 is 11.8 Å². The van der Waals surface area contributed by atoms with Gasteiger partial charge in [-0.05, 0) is 62.3 Å². The van der Waals surface area contributed by atoms with Gasteiger partial charge in [-0.3, -0.25) is 14.5 Å². The first-order chi connectivity index (χ1) is 12.2. The van der Waals surface area contributed by atoms with Crippen LogP contribution in [-0.2, 0) is 4.79 Å². The van der Waals surface area contributed by atoms with Gasteiger partial charge in [0.15, 0.2) is 0 Å². The molecule has 2 rings (SSSR count). The standard InChI is InChI=1S/C17H21F3N2O3S/c1-21(11-15(23)24)13-3-2-9-22(10-8-13)16(25)12-4-6-14(7-5-12)26-17(18,19)20/h4-7,13H,2-3,8-11H2,1H3,(H,23,24). The van der Waals surface area contributed by atoms with E-state index in [1.54, 1.807) is 16.8 Å². The molecule has 1 amide bonds. The van der Waals surface area contributed by atoms with Crippen molar-refractivity contribution in [3.05, 3.63) is 29.8 Å². The van der Waals surface area contributed by atoms with Gasteiger partial charge in [-0.15, -0.1) is 0 Å². The Morgan fingerprint density at radius 3 is 2.46 bits per heavy atom. The average molecular weight is 390 g/mol. The number of hydrogen-bond donors (Lipinski definition) is 1. The van der Waals surface area contributed by atoms with Crippen molar-refractivity contribution >= 4 is 23.6 Å². The number of hydrogen-bond acceptors (Lipinski definition) is 4. The van der Waals surface area contributed by atoms with Crippen LogP contribution in [0.1, 0.15) is 29.6 Å². The monoisotopic (exact) mass is 390 g/mol. The van der Waals surface area contributed by atoms with Gasteiger partial charge in [0.05, 0.1) is 6.54 Å². The van der Waals surface area contributed by atoms with Gasteiger partial charge in [0, 0.05) is 29.6 Å². The number of aliphatic carboxylic acids is 1.